The molecule has 22 heavy (non-hydrogen) atoms. The first-order valence-corrected chi connectivity index (χ1v) is 7.50. The van der Waals surface area contributed by atoms with Crippen LogP contribution in [0.4, 0.5) is 0 Å². The Balaban J connectivity index is 2.43. The van der Waals surface area contributed by atoms with Crippen LogP contribution in [0.3, 0.4) is 0 Å². The average molecular weight is 297 g/mol. The van der Waals surface area contributed by atoms with Gasteiger partial charge < -0.3 is 10.5 Å². The zero-order valence-electron chi connectivity index (χ0n) is 13.6. The molecule has 2 rings (SSSR count). The van der Waals surface area contributed by atoms with Crippen LogP contribution in [0.25, 0.3) is 11.1 Å². The Hall–Kier alpha value is -2.13. The Morgan fingerprint density at radius 3 is 2.32 bits per heavy atom. The molecule has 0 bridgehead atoms. The largest absolute Gasteiger partial charge is 0.462 e. The molecule has 0 aliphatic carbocycles. The maximum absolute atomic E-state index is 11.7. The van der Waals surface area contributed by atoms with E-state index in [1.165, 1.54) is 5.56 Å². The van der Waals surface area contributed by atoms with Gasteiger partial charge in [-0.15, -0.1) is 0 Å². The van der Waals surface area contributed by atoms with Gasteiger partial charge in [-0.25, -0.2) is 4.79 Å². The Morgan fingerprint density at radius 1 is 1.14 bits per heavy atom. The second kappa shape index (κ2) is 6.32. The van der Waals surface area contributed by atoms with Gasteiger partial charge >= 0.3 is 5.97 Å². The summed E-state index contributed by atoms with van der Waals surface area (Å²) in [5.41, 5.74) is 10.8. The number of esters is 1. The van der Waals surface area contributed by atoms with Crippen molar-refractivity contribution in [1.82, 2.24) is 0 Å². The number of hydrogen-bond acceptors (Lipinski definition) is 3. The van der Waals surface area contributed by atoms with Gasteiger partial charge in [0.05, 0.1) is 12.2 Å². The van der Waals surface area contributed by atoms with E-state index in [0.717, 1.165) is 16.7 Å². The summed E-state index contributed by atoms with van der Waals surface area (Å²) >= 11 is 0. The second-order valence-corrected chi connectivity index (χ2v) is 6.07. The first kappa shape index (κ1) is 16.2. The molecule has 3 nitrogen and oxygen atoms in total. The van der Waals surface area contributed by atoms with E-state index >= 15 is 0 Å². The molecule has 2 N–H and O–H groups in total. The molecule has 0 aliphatic heterocycles. The third-order valence-electron chi connectivity index (χ3n) is 3.58. The molecule has 2 aromatic rings. The quantitative estimate of drug-likeness (QED) is 0.867. The summed E-state index contributed by atoms with van der Waals surface area (Å²) < 4.78 is 5.01. The minimum Gasteiger partial charge on any atom is -0.462 e. The Kier molecular flexibility index (Phi) is 4.67. The van der Waals surface area contributed by atoms with Gasteiger partial charge in [0.2, 0.25) is 0 Å². The highest BCUT2D eigenvalue weighted by Gasteiger charge is 2.19. The maximum atomic E-state index is 11.7. The zero-order valence-corrected chi connectivity index (χ0v) is 13.6. The lowest BCUT2D eigenvalue weighted by molar-refractivity contribution is 0.0526. The van der Waals surface area contributed by atoms with Gasteiger partial charge in [-0.3, -0.25) is 0 Å². The highest BCUT2D eigenvalue weighted by molar-refractivity contribution is 5.90. The number of ether oxygens (including phenoxy) is 1. The molecular formula is C19H23NO2. The van der Waals surface area contributed by atoms with E-state index in [-0.39, 0.29) is 5.97 Å². The molecule has 0 heterocycles. The van der Waals surface area contributed by atoms with Crippen LogP contribution >= 0.6 is 0 Å². The first-order chi connectivity index (χ1) is 10.3. The molecule has 116 valence electrons. The monoisotopic (exact) mass is 297 g/mol. The van der Waals surface area contributed by atoms with Crippen molar-refractivity contribution in [3.63, 3.8) is 0 Å². The van der Waals surface area contributed by atoms with Crippen LogP contribution in [-0.4, -0.2) is 12.6 Å². The first-order valence-electron chi connectivity index (χ1n) is 7.50. The summed E-state index contributed by atoms with van der Waals surface area (Å²) in [6.07, 6.45) is 0. The van der Waals surface area contributed by atoms with E-state index in [4.69, 9.17) is 10.5 Å². The summed E-state index contributed by atoms with van der Waals surface area (Å²) in [6.45, 7) is 8.23. The molecule has 0 unspecified atom stereocenters. The average Bonchev–Trinajstić information content (AvgIpc) is 2.47. The van der Waals surface area contributed by atoms with Crippen LogP contribution in [0.15, 0.2) is 42.5 Å². The minimum atomic E-state index is -0.429. The number of nitrogens with two attached hydrogens (primary N) is 1. The van der Waals surface area contributed by atoms with Crippen molar-refractivity contribution in [3.8, 4) is 11.1 Å². The number of carbonyl (C=O) groups excluding carboxylic acids is 1. The maximum Gasteiger partial charge on any atom is 0.338 e. The van der Waals surface area contributed by atoms with Crippen LogP contribution in [0.2, 0.25) is 0 Å². The predicted octanol–water partition coefficient (Wildman–Crippen LogP) is 4.03. The molecule has 0 aromatic heterocycles. The molecule has 0 saturated heterocycles. The lowest BCUT2D eigenvalue weighted by Crippen LogP contribution is -2.29. The number of rotatable bonds is 4. The standard InChI is InChI=1S/C19H23NO2/c1-5-22-18(21)15-9-7-14(8-10-15)16-11-6-13(2)12-17(16)19(3,4)20/h6-12H,5,20H2,1-4H3. The molecule has 0 radical (unpaired) electrons. The van der Waals surface area contributed by atoms with Gasteiger partial charge in [-0.2, -0.15) is 0 Å². The molecular weight excluding hydrogens is 274 g/mol. The summed E-state index contributed by atoms with van der Waals surface area (Å²) in [6, 6.07) is 13.7. The zero-order chi connectivity index (χ0) is 16.3. The predicted molar refractivity (Wildman–Crippen MR) is 89.8 cm³/mol. The van der Waals surface area contributed by atoms with Gasteiger partial charge in [-0.1, -0.05) is 35.9 Å². The van der Waals surface area contributed by atoms with Gasteiger partial charge in [0, 0.05) is 5.54 Å². The second-order valence-electron chi connectivity index (χ2n) is 6.07. The summed E-state index contributed by atoms with van der Waals surface area (Å²) in [4.78, 5) is 11.7. The Morgan fingerprint density at radius 2 is 1.77 bits per heavy atom. The fourth-order valence-electron chi connectivity index (χ4n) is 2.44. The van der Waals surface area contributed by atoms with E-state index in [1.54, 1.807) is 19.1 Å². The highest BCUT2D eigenvalue weighted by Crippen LogP contribution is 2.31. The van der Waals surface area contributed by atoms with Crippen molar-refractivity contribution in [3.05, 3.63) is 59.2 Å². The topological polar surface area (TPSA) is 52.3 Å². The van der Waals surface area contributed by atoms with Crippen LogP contribution in [-0.2, 0) is 10.3 Å². The number of hydrogen-bond donors (Lipinski definition) is 1. The Bertz CT molecular complexity index is 667. The van der Waals surface area contributed by atoms with E-state index in [9.17, 15) is 4.79 Å². The number of benzene rings is 2. The van der Waals surface area contributed by atoms with E-state index in [0.29, 0.717) is 12.2 Å². The number of aryl methyl sites for hydroxylation is 1. The molecule has 2 aromatic carbocycles. The van der Waals surface area contributed by atoms with Crippen molar-refractivity contribution in [1.29, 1.82) is 0 Å². The van der Waals surface area contributed by atoms with Gasteiger partial charge in [0.1, 0.15) is 0 Å². The van der Waals surface area contributed by atoms with Crippen molar-refractivity contribution in [2.45, 2.75) is 33.2 Å². The fraction of sp³-hybridized carbons (Fsp3) is 0.316. The van der Waals surface area contributed by atoms with E-state index < -0.39 is 5.54 Å². The molecule has 0 atom stereocenters. The SMILES string of the molecule is CCOC(=O)c1ccc(-c2ccc(C)cc2C(C)(C)N)cc1. The van der Waals surface area contributed by atoms with Crippen LogP contribution < -0.4 is 5.73 Å². The molecule has 0 amide bonds. The Labute approximate surface area is 132 Å². The van der Waals surface area contributed by atoms with Crippen molar-refractivity contribution >= 4 is 5.97 Å². The summed E-state index contributed by atoms with van der Waals surface area (Å²) in [7, 11) is 0. The lowest BCUT2D eigenvalue weighted by Gasteiger charge is -2.24. The van der Waals surface area contributed by atoms with Crippen LogP contribution in [0, 0.1) is 6.92 Å². The van der Waals surface area contributed by atoms with Crippen molar-refractivity contribution < 1.29 is 9.53 Å². The normalized spacial score (nSPS) is 11.3. The number of carbonyl (C=O) groups is 1. The van der Waals surface area contributed by atoms with Crippen molar-refractivity contribution in [2.75, 3.05) is 6.61 Å². The lowest BCUT2D eigenvalue weighted by atomic mass is 9.86. The molecule has 0 aliphatic rings. The minimum absolute atomic E-state index is 0.294. The van der Waals surface area contributed by atoms with E-state index in [1.807, 2.05) is 26.0 Å². The van der Waals surface area contributed by atoms with Crippen molar-refractivity contribution in [2.24, 2.45) is 5.73 Å². The smallest absolute Gasteiger partial charge is 0.338 e. The molecule has 3 heteroatoms. The van der Waals surface area contributed by atoms with Crippen LogP contribution in [0.5, 0.6) is 0 Å². The van der Waals surface area contributed by atoms with E-state index in [2.05, 4.69) is 25.1 Å². The van der Waals surface area contributed by atoms with Gasteiger partial charge in [0.25, 0.3) is 0 Å². The third kappa shape index (κ3) is 3.55. The highest BCUT2D eigenvalue weighted by atomic mass is 16.5. The van der Waals surface area contributed by atoms with Crippen LogP contribution in [0.1, 0.15) is 42.3 Å². The molecule has 0 saturated carbocycles. The molecule has 0 spiro atoms. The van der Waals surface area contributed by atoms with Gasteiger partial charge in [0.15, 0.2) is 0 Å². The summed E-state index contributed by atoms with van der Waals surface area (Å²) in [5.74, 6) is -0.294. The molecule has 0 fully saturated rings. The van der Waals surface area contributed by atoms with Gasteiger partial charge in [-0.05, 0) is 56.5 Å². The third-order valence-corrected chi connectivity index (χ3v) is 3.58. The summed E-state index contributed by atoms with van der Waals surface area (Å²) in [5, 5.41) is 0. The fourth-order valence-corrected chi connectivity index (χ4v) is 2.44.